The lowest BCUT2D eigenvalue weighted by Crippen LogP contribution is -1.86. The van der Waals surface area contributed by atoms with Gasteiger partial charge in [-0.2, -0.15) is 5.26 Å². The van der Waals surface area contributed by atoms with Gasteiger partial charge in [0.2, 0.25) is 0 Å². The Balaban J connectivity index is 3.72. The molecule has 0 aliphatic carbocycles. The fraction of sp³-hybridized carbons (Fsp3) is 0.500. The first kappa shape index (κ1) is 9.97. The molecule has 0 aromatic rings. The summed E-state index contributed by atoms with van der Waals surface area (Å²) in [6, 6.07) is 2.21. The van der Waals surface area contributed by atoms with Crippen LogP contribution < -0.4 is 0 Å². The zero-order valence-electron chi connectivity index (χ0n) is 7.25. The molecule has 0 N–H and O–H groups in total. The SMILES string of the molecule is CC/C=C\C=C/C(C#N)CC. The lowest BCUT2D eigenvalue weighted by molar-refractivity contribution is 0.788. The Hall–Kier alpha value is -1.03. The van der Waals surface area contributed by atoms with E-state index in [0.717, 1.165) is 12.8 Å². The van der Waals surface area contributed by atoms with Gasteiger partial charge >= 0.3 is 0 Å². The molecule has 0 saturated heterocycles. The molecular formula is C10H15N. The molecule has 1 heteroatoms. The smallest absolute Gasteiger partial charge is 0.0697 e. The van der Waals surface area contributed by atoms with Gasteiger partial charge in [-0.25, -0.2) is 0 Å². The Morgan fingerprint density at radius 1 is 1.36 bits per heavy atom. The number of hydrogen-bond acceptors (Lipinski definition) is 1. The van der Waals surface area contributed by atoms with Gasteiger partial charge in [-0.15, -0.1) is 0 Å². The summed E-state index contributed by atoms with van der Waals surface area (Å²) < 4.78 is 0. The van der Waals surface area contributed by atoms with Crippen molar-refractivity contribution in [2.75, 3.05) is 0 Å². The fourth-order valence-corrected chi connectivity index (χ4v) is 0.683. The normalized spacial score (nSPS) is 13.9. The molecule has 0 radical (unpaired) electrons. The van der Waals surface area contributed by atoms with Crippen LogP contribution >= 0.6 is 0 Å². The predicted molar refractivity (Wildman–Crippen MR) is 48.0 cm³/mol. The van der Waals surface area contributed by atoms with Crippen LogP contribution in [0, 0.1) is 17.2 Å². The topological polar surface area (TPSA) is 23.8 Å². The minimum atomic E-state index is 0.0801. The van der Waals surface area contributed by atoms with E-state index in [9.17, 15) is 0 Å². The van der Waals surface area contributed by atoms with Crippen molar-refractivity contribution in [3.8, 4) is 6.07 Å². The van der Waals surface area contributed by atoms with Gasteiger partial charge in [0.15, 0.2) is 0 Å². The highest BCUT2D eigenvalue weighted by molar-refractivity contribution is 5.08. The Morgan fingerprint density at radius 2 is 2.09 bits per heavy atom. The van der Waals surface area contributed by atoms with Crippen molar-refractivity contribution in [2.45, 2.75) is 26.7 Å². The maximum atomic E-state index is 8.56. The molecule has 1 unspecified atom stereocenters. The summed E-state index contributed by atoms with van der Waals surface area (Å²) in [5.74, 6) is 0.0801. The summed E-state index contributed by atoms with van der Waals surface area (Å²) in [5, 5.41) is 8.56. The molecule has 0 bridgehead atoms. The maximum absolute atomic E-state index is 8.56. The van der Waals surface area contributed by atoms with Crippen molar-refractivity contribution in [3.05, 3.63) is 24.3 Å². The van der Waals surface area contributed by atoms with Crippen LogP contribution in [0.4, 0.5) is 0 Å². The van der Waals surface area contributed by atoms with E-state index in [1.54, 1.807) is 0 Å². The molecule has 0 spiro atoms. The van der Waals surface area contributed by atoms with Gasteiger partial charge in [0, 0.05) is 0 Å². The lowest BCUT2D eigenvalue weighted by Gasteiger charge is -1.93. The van der Waals surface area contributed by atoms with Crippen LogP contribution in [0.15, 0.2) is 24.3 Å². The second-order valence-corrected chi connectivity index (χ2v) is 2.37. The van der Waals surface area contributed by atoms with Crippen molar-refractivity contribution >= 4 is 0 Å². The van der Waals surface area contributed by atoms with Crippen molar-refractivity contribution in [3.63, 3.8) is 0 Å². The maximum Gasteiger partial charge on any atom is 0.0697 e. The van der Waals surface area contributed by atoms with E-state index in [-0.39, 0.29) is 5.92 Å². The number of nitrogens with zero attached hydrogens (tertiary/aromatic N) is 1. The van der Waals surface area contributed by atoms with Crippen LogP contribution in [-0.2, 0) is 0 Å². The van der Waals surface area contributed by atoms with E-state index in [1.165, 1.54) is 0 Å². The molecule has 0 aromatic heterocycles. The molecule has 1 atom stereocenters. The molecule has 0 aromatic carbocycles. The van der Waals surface area contributed by atoms with E-state index in [4.69, 9.17) is 5.26 Å². The lowest BCUT2D eigenvalue weighted by atomic mass is 10.1. The van der Waals surface area contributed by atoms with Gasteiger partial charge in [-0.3, -0.25) is 0 Å². The first-order valence-corrected chi connectivity index (χ1v) is 4.08. The molecule has 0 saturated carbocycles. The van der Waals surface area contributed by atoms with Gasteiger partial charge in [-0.1, -0.05) is 38.2 Å². The van der Waals surface area contributed by atoms with Crippen molar-refractivity contribution in [1.29, 1.82) is 5.26 Å². The van der Waals surface area contributed by atoms with E-state index in [0.29, 0.717) is 0 Å². The Labute approximate surface area is 69.0 Å². The van der Waals surface area contributed by atoms with Crippen LogP contribution in [-0.4, -0.2) is 0 Å². The highest BCUT2D eigenvalue weighted by Crippen LogP contribution is 2.01. The van der Waals surface area contributed by atoms with Crippen LogP contribution in [0.2, 0.25) is 0 Å². The fourth-order valence-electron chi connectivity index (χ4n) is 0.683. The van der Waals surface area contributed by atoms with Gasteiger partial charge < -0.3 is 0 Å². The second kappa shape index (κ2) is 7.08. The van der Waals surface area contributed by atoms with Crippen LogP contribution in [0.5, 0.6) is 0 Å². The molecule has 0 rings (SSSR count). The largest absolute Gasteiger partial charge is 0.198 e. The molecule has 0 aliphatic rings. The van der Waals surface area contributed by atoms with Gasteiger partial charge in [-0.05, 0) is 12.8 Å². The van der Waals surface area contributed by atoms with Gasteiger partial charge in [0.1, 0.15) is 0 Å². The van der Waals surface area contributed by atoms with Gasteiger partial charge in [0.25, 0.3) is 0 Å². The van der Waals surface area contributed by atoms with E-state index in [2.05, 4.69) is 19.1 Å². The average Bonchev–Trinajstić information content (AvgIpc) is 2.05. The number of nitriles is 1. The van der Waals surface area contributed by atoms with Crippen LogP contribution in [0.3, 0.4) is 0 Å². The zero-order valence-corrected chi connectivity index (χ0v) is 7.25. The number of allylic oxidation sites excluding steroid dienone is 4. The van der Waals surface area contributed by atoms with Crippen LogP contribution in [0.1, 0.15) is 26.7 Å². The Morgan fingerprint density at radius 3 is 2.55 bits per heavy atom. The van der Waals surface area contributed by atoms with Crippen molar-refractivity contribution < 1.29 is 0 Å². The third-order valence-electron chi connectivity index (χ3n) is 1.43. The molecule has 0 aliphatic heterocycles. The summed E-state index contributed by atoms with van der Waals surface area (Å²) in [6.07, 6.45) is 9.88. The second-order valence-electron chi connectivity index (χ2n) is 2.37. The molecule has 11 heavy (non-hydrogen) atoms. The van der Waals surface area contributed by atoms with E-state index < -0.39 is 0 Å². The Kier molecular flexibility index (Phi) is 6.42. The number of rotatable bonds is 4. The molecule has 60 valence electrons. The first-order chi connectivity index (χ1) is 5.35. The van der Waals surface area contributed by atoms with Crippen LogP contribution in [0.25, 0.3) is 0 Å². The summed E-state index contributed by atoms with van der Waals surface area (Å²) in [5.41, 5.74) is 0. The van der Waals surface area contributed by atoms with Gasteiger partial charge in [0.05, 0.1) is 12.0 Å². The summed E-state index contributed by atoms with van der Waals surface area (Å²) in [4.78, 5) is 0. The standard InChI is InChI=1S/C10H15N/c1-3-5-6-7-8-10(4-2)9-11/h5-8,10H,3-4H2,1-2H3/b6-5-,8-7-. The molecule has 0 fully saturated rings. The average molecular weight is 149 g/mol. The highest BCUT2D eigenvalue weighted by Gasteiger charge is 1.94. The highest BCUT2D eigenvalue weighted by atomic mass is 14.3. The summed E-state index contributed by atoms with van der Waals surface area (Å²) >= 11 is 0. The zero-order chi connectivity index (χ0) is 8.53. The minimum Gasteiger partial charge on any atom is -0.198 e. The van der Waals surface area contributed by atoms with Crippen molar-refractivity contribution in [1.82, 2.24) is 0 Å². The van der Waals surface area contributed by atoms with E-state index >= 15 is 0 Å². The molecular weight excluding hydrogens is 134 g/mol. The third kappa shape index (κ3) is 5.42. The monoisotopic (exact) mass is 149 g/mol. The quantitative estimate of drug-likeness (QED) is 0.563. The summed E-state index contributed by atoms with van der Waals surface area (Å²) in [6.45, 7) is 4.10. The summed E-state index contributed by atoms with van der Waals surface area (Å²) in [7, 11) is 0. The Bertz CT molecular complexity index is 172. The molecule has 0 amide bonds. The third-order valence-corrected chi connectivity index (χ3v) is 1.43. The van der Waals surface area contributed by atoms with E-state index in [1.807, 2.05) is 25.2 Å². The first-order valence-electron chi connectivity index (χ1n) is 4.08. The van der Waals surface area contributed by atoms with Crippen molar-refractivity contribution in [2.24, 2.45) is 5.92 Å². The predicted octanol–water partition coefficient (Wildman–Crippen LogP) is 3.06. The number of hydrogen-bond donors (Lipinski definition) is 0. The molecule has 0 heterocycles. The minimum absolute atomic E-state index is 0.0801. The molecule has 1 nitrogen and oxygen atoms in total.